The van der Waals surface area contributed by atoms with Crippen molar-refractivity contribution in [3.05, 3.63) is 77.2 Å². The monoisotopic (exact) mass is 311 g/mol. The fourth-order valence-electron chi connectivity index (χ4n) is 2.58. The number of furan rings is 1. The number of fused-ring (bicyclic) bond motifs is 1. The lowest BCUT2D eigenvalue weighted by molar-refractivity contribution is 0.556. The van der Waals surface area contributed by atoms with Crippen molar-refractivity contribution >= 4 is 28.4 Å². The molecule has 1 aromatic heterocycles. The second kappa shape index (κ2) is 6.82. The first-order valence-corrected chi connectivity index (χ1v) is 7.74. The highest BCUT2D eigenvalue weighted by Gasteiger charge is 2.09. The molecule has 1 heterocycles. The van der Waals surface area contributed by atoms with E-state index in [1.54, 1.807) is 6.26 Å². The number of halogens is 1. The smallest absolute Gasteiger partial charge is 0.126 e. The molecule has 0 aliphatic heterocycles. The maximum Gasteiger partial charge on any atom is 0.126 e. The Labute approximate surface area is 135 Å². The first-order chi connectivity index (χ1) is 10.8. The molecular weight excluding hydrogens is 294 g/mol. The molecule has 1 unspecified atom stereocenters. The van der Waals surface area contributed by atoms with E-state index in [2.05, 4.69) is 36.5 Å². The van der Waals surface area contributed by atoms with Crippen molar-refractivity contribution < 1.29 is 4.42 Å². The molecule has 0 spiro atoms. The van der Waals surface area contributed by atoms with Crippen molar-refractivity contribution in [3.63, 3.8) is 0 Å². The van der Waals surface area contributed by atoms with Crippen molar-refractivity contribution in [1.29, 1.82) is 0 Å². The molecule has 0 aliphatic carbocycles. The summed E-state index contributed by atoms with van der Waals surface area (Å²) in [5.41, 5.74) is 1.26. The summed E-state index contributed by atoms with van der Waals surface area (Å²) in [5.74, 6) is 0.867. The molecule has 0 bridgehead atoms. The lowest BCUT2D eigenvalue weighted by Gasteiger charge is -2.16. The third-order valence-electron chi connectivity index (χ3n) is 3.74. The van der Waals surface area contributed by atoms with Crippen LogP contribution in [0, 0.1) is 0 Å². The van der Waals surface area contributed by atoms with Gasteiger partial charge in [-0.05, 0) is 42.1 Å². The SMILES string of the molecule is CC(NC/C=C/c1ccco1)c1ccc(Cl)c2ccccc12. The number of benzene rings is 2. The van der Waals surface area contributed by atoms with E-state index in [1.165, 1.54) is 10.9 Å². The van der Waals surface area contributed by atoms with Gasteiger partial charge in [-0.15, -0.1) is 0 Å². The normalized spacial score (nSPS) is 13.0. The second-order valence-electron chi connectivity index (χ2n) is 5.23. The molecule has 0 fully saturated rings. The van der Waals surface area contributed by atoms with Gasteiger partial charge in [0.15, 0.2) is 0 Å². The summed E-state index contributed by atoms with van der Waals surface area (Å²) >= 11 is 6.28. The zero-order valence-corrected chi connectivity index (χ0v) is 13.2. The summed E-state index contributed by atoms with van der Waals surface area (Å²) < 4.78 is 5.27. The minimum absolute atomic E-state index is 0.239. The van der Waals surface area contributed by atoms with Gasteiger partial charge in [-0.1, -0.05) is 48.0 Å². The van der Waals surface area contributed by atoms with Crippen LogP contribution in [0.1, 0.15) is 24.3 Å². The fourth-order valence-corrected chi connectivity index (χ4v) is 2.81. The summed E-state index contributed by atoms with van der Waals surface area (Å²) in [4.78, 5) is 0. The molecular formula is C19H18ClNO. The summed E-state index contributed by atoms with van der Waals surface area (Å²) in [7, 11) is 0. The molecule has 0 saturated carbocycles. The van der Waals surface area contributed by atoms with Crippen LogP contribution >= 0.6 is 11.6 Å². The summed E-state index contributed by atoms with van der Waals surface area (Å²) in [5, 5.41) is 6.59. The van der Waals surface area contributed by atoms with Gasteiger partial charge in [0.1, 0.15) is 5.76 Å². The van der Waals surface area contributed by atoms with E-state index in [4.69, 9.17) is 16.0 Å². The molecule has 0 aliphatic rings. The highest BCUT2D eigenvalue weighted by atomic mass is 35.5. The molecule has 2 aromatic carbocycles. The molecule has 3 rings (SSSR count). The second-order valence-corrected chi connectivity index (χ2v) is 5.64. The largest absolute Gasteiger partial charge is 0.465 e. The van der Waals surface area contributed by atoms with E-state index in [1.807, 2.05) is 36.4 Å². The van der Waals surface area contributed by atoms with Crippen LogP contribution in [0.4, 0.5) is 0 Å². The van der Waals surface area contributed by atoms with Crippen molar-refractivity contribution in [2.24, 2.45) is 0 Å². The van der Waals surface area contributed by atoms with Gasteiger partial charge in [-0.2, -0.15) is 0 Å². The van der Waals surface area contributed by atoms with Crippen LogP contribution in [0.2, 0.25) is 5.02 Å². The van der Waals surface area contributed by atoms with E-state index in [9.17, 15) is 0 Å². The Balaban J connectivity index is 1.72. The van der Waals surface area contributed by atoms with E-state index in [-0.39, 0.29) is 6.04 Å². The Kier molecular flexibility index (Phi) is 4.62. The van der Waals surface area contributed by atoms with Crippen LogP contribution in [-0.4, -0.2) is 6.54 Å². The summed E-state index contributed by atoms with van der Waals surface area (Å²) in [6, 6.07) is 16.4. The number of nitrogens with one attached hydrogen (secondary N) is 1. The van der Waals surface area contributed by atoms with Crippen LogP contribution in [-0.2, 0) is 0 Å². The molecule has 3 heteroatoms. The maximum atomic E-state index is 6.28. The predicted octanol–water partition coefficient (Wildman–Crippen LogP) is 5.45. The quantitative estimate of drug-likeness (QED) is 0.677. The molecule has 3 aromatic rings. The summed E-state index contributed by atoms with van der Waals surface area (Å²) in [6.07, 6.45) is 5.71. The first kappa shape index (κ1) is 14.9. The Hall–Kier alpha value is -2.03. The van der Waals surface area contributed by atoms with Gasteiger partial charge in [-0.3, -0.25) is 0 Å². The molecule has 1 atom stereocenters. The Bertz CT molecular complexity index is 777. The van der Waals surface area contributed by atoms with E-state index < -0.39 is 0 Å². The van der Waals surface area contributed by atoms with Gasteiger partial charge in [0.25, 0.3) is 0 Å². The van der Waals surface area contributed by atoms with Gasteiger partial charge in [0.05, 0.1) is 6.26 Å². The summed E-state index contributed by atoms with van der Waals surface area (Å²) in [6.45, 7) is 2.94. The van der Waals surface area contributed by atoms with Crippen LogP contribution < -0.4 is 5.32 Å². The standard InChI is InChI=1S/C19H18ClNO/c1-14(21-12-4-6-15-7-5-13-22-15)16-10-11-19(20)18-9-3-2-8-17(16)18/h2-11,13-14,21H,12H2,1H3/b6-4+. The average molecular weight is 312 g/mol. The lowest BCUT2D eigenvalue weighted by atomic mass is 9.99. The number of hydrogen-bond acceptors (Lipinski definition) is 2. The highest BCUT2D eigenvalue weighted by molar-refractivity contribution is 6.35. The van der Waals surface area contributed by atoms with Crippen molar-refractivity contribution in [3.8, 4) is 0 Å². The van der Waals surface area contributed by atoms with Gasteiger partial charge < -0.3 is 9.73 Å². The molecule has 22 heavy (non-hydrogen) atoms. The predicted molar refractivity (Wildman–Crippen MR) is 93.1 cm³/mol. The minimum atomic E-state index is 0.239. The fraction of sp³-hybridized carbons (Fsp3) is 0.158. The van der Waals surface area contributed by atoms with Crippen molar-refractivity contribution in [1.82, 2.24) is 5.32 Å². The first-order valence-electron chi connectivity index (χ1n) is 7.36. The van der Waals surface area contributed by atoms with E-state index in [0.29, 0.717) is 0 Å². The molecule has 0 saturated heterocycles. The van der Waals surface area contributed by atoms with Crippen molar-refractivity contribution in [2.45, 2.75) is 13.0 Å². The van der Waals surface area contributed by atoms with Crippen LogP contribution in [0.25, 0.3) is 16.8 Å². The third-order valence-corrected chi connectivity index (χ3v) is 4.07. The van der Waals surface area contributed by atoms with Crippen LogP contribution in [0.15, 0.2) is 65.3 Å². The van der Waals surface area contributed by atoms with Crippen LogP contribution in [0.3, 0.4) is 0 Å². The zero-order chi connectivity index (χ0) is 15.4. The van der Waals surface area contributed by atoms with Crippen molar-refractivity contribution in [2.75, 3.05) is 6.54 Å². The Morgan fingerprint density at radius 3 is 2.68 bits per heavy atom. The third kappa shape index (κ3) is 3.24. The lowest BCUT2D eigenvalue weighted by Crippen LogP contribution is -2.18. The van der Waals surface area contributed by atoms with E-state index in [0.717, 1.165) is 22.7 Å². The molecule has 0 radical (unpaired) electrons. The Morgan fingerprint density at radius 1 is 1.09 bits per heavy atom. The van der Waals surface area contributed by atoms with Crippen LogP contribution in [0.5, 0.6) is 0 Å². The van der Waals surface area contributed by atoms with E-state index >= 15 is 0 Å². The minimum Gasteiger partial charge on any atom is -0.465 e. The molecule has 1 N–H and O–H groups in total. The molecule has 0 amide bonds. The molecule has 2 nitrogen and oxygen atoms in total. The van der Waals surface area contributed by atoms with Gasteiger partial charge in [-0.25, -0.2) is 0 Å². The zero-order valence-electron chi connectivity index (χ0n) is 12.4. The number of hydrogen-bond donors (Lipinski definition) is 1. The number of rotatable bonds is 5. The topological polar surface area (TPSA) is 25.2 Å². The molecule has 112 valence electrons. The van der Waals surface area contributed by atoms with Gasteiger partial charge in [0, 0.05) is 23.0 Å². The average Bonchev–Trinajstić information content (AvgIpc) is 3.05. The van der Waals surface area contributed by atoms with Gasteiger partial charge >= 0.3 is 0 Å². The Morgan fingerprint density at radius 2 is 1.91 bits per heavy atom. The maximum absolute atomic E-state index is 6.28. The highest BCUT2D eigenvalue weighted by Crippen LogP contribution is 2.29. The van der Waals surface area contributed by atoms with Gasteiger partial charge in [0.2, 0.25) is 0 Å².